The number of hydrogen-bond acceptors (Lipinski definition) is 5. The number of carbonyl (C=O) groups is 1. The number of H-pyrrole nitrogens is 1. The standard InChI is InChI=1S/C10H6N4O2S/c15-10(16)8-4-6(11-12-8)5-1-2-9-7(3-5)13-14-17-9/h1-4H,(H,11,12)(H,15,16). The van der Waals surface area contributed by atoms with Gasteiger partial charge in [0.05, 0.1) is 10.4 Å². The highest BCUT2D eigenvalue weighted by Crippen LogP contribution is 2.23. The van der Waals surface area contributed by atoms with Gasteiger partial charge in [-0.25, -0.2) is 4.79 Å². The summed E-state index contributed by atoms with van der Waals surface area (Å²) in [7, 11) is 0. The maximum absolute atomic E-state index is 10.7. The van der Waals surface area contributed by atoms with Crippen LogP contribution in [0.5, 0.6) is 0 Å². The van der Waals surface area contributed by atoms with Gasteiger partial charge in [-0.2, -0.15) is 5.10 Å². The summed E-state index contributed by atoms with van der Waals surface area (Å²) < 4.78 is 4.83. The number of rotatable bonds is 2. The number of aromatic nitrogens is 4. The fraction of sp³-hybridized carbons (Fsp3) is 0. The molecular formula is C10H6N4O2S. The average Bonchev–Trinajstić information content (AvgIpc) is 2.97. The first-order valence-electron chi connectivity index (χ1n) is 4.75. The Morgan fingerprint density at radius 1 is 1.35 bits per heavy atom. The van der Waals surface area contributed by atoms with E-state index in [9.17, 15) is 4.79 Å². The lowest BCUT2D eigenvalue weighted by atomic mass is 10.1. The molecule has 0 saturated heterocycles. The van der Waals surface area contributed by atoms with Crippen molar-refractivity contribution in [1.29, 1.82) is 0 Å². The number of nitrogens with zero attached hydrogens (tertiary/aromatic N) is 3. The number of hydrogen-bond donors (Lipinski definition) is 2. The normalized spacial score (nSPS) is 10.8. The van der Waals surface area contributed by atoms with Crippen LogP contribution in [0.3, 0.4) is 0 Å². The molecule has 7 heteroatoms. The van der Waals surface area contributed by atoms with Gasteiger partial charge in [-0.3, -0.25) is 5.10 Å². The largest absolute Gasteiger partial charge is 0.477 e. The number of nitrogens with one attached hydrogen (secondary N) is 1. The lowest BCUT2D eigenvalue weighted by molar-refractivity contribution is 0.0690. The van der Waals surface area contributed by atoms with Gasteiger partial charge >= 0.3 is 5.97 Å². The second-order valence-electron chi connectivity index (χ2n) is 3.43. The van der Waals surface area contributed by atoms with Crippen LogP contribution >= 0.6 is 11.5 Å². The minimum atomic E-state index is -1.03. The average molecular weight is 246 g/mol. The van der Waals surface area contributed by atoms with E-state index in [-0.39, 0.29) is 5.69 Å². The Balaban J connectivity index is 2.09. The summed E-state index contributed by atoms with van der Waals surface area (Å²) >= 11 is 1.32. The van der Waals surface area contributed by atoms with Gasteiger partial charge in [0, 0.05) is 5.56 Å². The van der Waals surface area contributed by atoms with Gasteiger partial charge in [0.25, 0.3) is 0 Å². The Hall–Kier alpha value is -2.28. The highest BCUT2D eigenvalue weighted by molar-refractivity contribution is 7.12. The molecule has 0 amide bonds. The third kappa shape index (κ3) is 1.66. The second-order valence-corrected chi connectivity index (χ2v) is 4.21. The van der Waals surface area contributed by atoms with E-state index in [1.54, 1.807) is 0 Å². The zero-order valence-corrected chi connectivity index (χ0v) is 9.23. The van der Waals surface area contributed by atoms with Crippen LogP contribution in [0.4, 0.5) is 0 Å². The maximum atomic E-state index is 10.7. The Bertz CT molecular complexity index is 703. The van der Waals surface area contributed by atoms with Crippen LogP contribution < -0.4 is 0 Å². The van der Waals surface area contributed by atoms with E-state index in [0.717, 1.165) is 15.8 Å². The number of aromatic carboxylic acids is 1. The number of carboxylic acids is 1. The first kappa shape index (κ1) is 9.91. The van der Waals surface area contributed by atoms with Gasteiger partial charge in [0.2, 0.25) is 0 Å². The molecule has 3 rings (SSSR count). The quantitative estimate of drug-likeness (QED) is 0.719. The van der Waals surface area contributed by atoms with E-state index in [4.69, 9.17) is 5.11 Å². The Labute approximate surface area is 99.1 Å². The van der Waals surface area contributed by atoms with Crippen molar-refractivity contribution in [1.82, 2.24) is 19.8 Å². The molecule has 0 saturated carbocycles. The van der Waals surface area contributed by atoms with Gasteiger partial charge in [0.15, 0.2) is 0 Å². The van der Waals surface area contributed by atoms with Crippen molar-refractivity contribution in [2.24, 2.45) is 0 Å². The molecule has 0 radical (unpaired) electrons. The van der Waals surface area contributed by atoms with Gasteiger partial charge in [0.1, 0.15) is 11.2 Å². The Morgan fingerprint density at radius 3 is 3.00 bits per heavy atom. The Kier molecular flexibility index (Phi) is 2.12. The van der Waals surface area contributed by atoms with Crippen molar-refractivity contribution in [2.75, 3.05) is 0 Å². The van der Waals surface area contributed by atoms with Gasteiger partial charge in [-0.05, 0) is 29.7 Å². The fourth-order valence-electron chi connectivity index (χ4n) is 1.52. The van der Waals surface area contributed by atoms with Crippen LogP contribution in [0.1, 0.15) is 10.5 Å². The smallest absolute Gasteiger partial charge is 0.353 e. The molecule has 0 aliphatic carbocycles. The van der Waals surface area contributed by atoms with Gasteiger partial charge < -0.3 is 5.11 Å². The second kappa shape index (κ2) is 3.63. The van der Waals surface area contributed by atoms with E-state index >= 15 is 0 Å². The molecule has 0 aliphatic heterocycles. The molecule has 2 N–H and O–H groups in total. The highest BCUT2D eigenvalue weighted by Gasteiger charge is 2.10. The van der Waals surface area contributed by atoms with Crippen molar-refractivity contribution in [3.05, 3.63) is 30.0 Å². The summed E-state index contributed by atoms with van der Waals surface area (Å²) in [4.78, 5) is 10.7. The first-order chi connectivity index (χ1) is 8.24. The van der Waals surface area contributed by atoms with Gasteiger partial charge in [-0.15, -0.1) is 5.10 Å². The lowest BCUT2D eigenvalue weighted by Gasteiger charge is -1.94. The SMILES string of the molecule is O=C(O)c1cc(-c2ccc3snnc3c2)n[nH]1. The molecule has 0 atom stereocenters. The van der Waals surface area contributed by atoms with Gasteiger partial charge in [-0.1, -0.05) is 10.6 Å². The van der Waals surface area contributed by atoms with E-state index in [1.165, 1.54) is 17.6 Å². The van der Waals surface area contributed by atoms with Crippen LogP contribution in [0, 0.1) is 0 Å². The van der Waals surface area contributed by atoms with Crippen molar-refractivity contribution in [2.45, 2.75) is 0 Å². The molecule has 0 spiro atoms. The summed E-state index contributed by atoms with van der Waals surface area (Å²) in [5, 5.41) is 19.2. The highest BCUT2D eigenvalue weighted by atomic mass is 32.1. The maximum Gasteiger partial charge on any atom is 0.353 e. The molecule has 6 nitrogen and oxygen atoms in total. The van der Waals surface area contributed by atoms with Crippen LogP contribution in [0.2, 0.25) is 0 Å². The van der Waals surface area contributed by atoms with Crippen molar-refractivity contribution >= 4 is 27.7 Å². The molecule has 3 aromatic rings. The van der Waals surface area contributed by atoms with Crippen molar-refractivity contribution < 1.29 is 9.90 Å². The van der Waals surface area contributed by atoms with Crippen LogP contribution in [0.15, 0.2) is 24.3 Å². The molecule has 0 bridgehead atoms. The van der Waals surface area contributed by atoms with E-state index in [0.29, 0.717) is 5.69 Å². The Morgan fingerprint density at radius 2 is 2.24 bits per heavy atom. The molecule has 0 aliphatic rings. The van der Waals surface area contributed by atoms with Crippen LogP contribution in [-0.2, 0) is 0 Å². The third-order valence-corrected chi connectivity index (χ3v) is 3.06. The predicted molar refractivity (Wildman–Crippen MR) is 62.0 cm³/mol. The molecular weight excluding hydrogens is 240 g/mol. The van der Waals surface area contributed by atoms with E-state index < -0.39 is 5.97 Å². The van der Waals surface area contributed by atoms with E-state index in [1.807, 2.05) is 18.2 Å². The third-order valence-electron chi connectivity index (χ3n) is 2.35. The summed E-state index contributed by atoms with van der Waals surface area (Å²) in [6, 6.07) is 7.08. The molecule has 2 aromatic heterocycles. The topological polar surface area (TPSA) is 91.8 Å². The number of fused-ring (bicyclic) bond motifs is 1. The lowest BCUT2D eigenvalue weighted by Crippen LogP contribution is -1.95. The molecule has 2 heterocycles. The molecule has 17 heavy (non-hydrogen) atoms. The summed E-state index contributed by atoms with van der Waals surface area (Å²) in [6.07, 6.45) is 0. The van der Waals surface area contributed by atoms with Crippen LogP contribution in [-0.4, -0.2) is 30.9 Å². The minimum absolute atomic E-state index is 0.0662. The minimum Gasteiger partial charge on any atom is -0.477 e. The van der Waals surface area contributed by atoms with Crippen molar-refractivity contribution in [3.8, 4) is 11.3 Å². The monoisotopic (exact) mass is 246 g/mol. The van der Waals surface area contributed by atoms with Crippen molar-refractivity contribution in [3.63, 3.8) is 0 Å². The molecule has 0 fully saturated rings. The number of aromatic amines is 1. The van der Waals surface area contributed by atoms with Crippen LogP contribution in [0.25, 0.3) is 21.5 Å². The zero-order chi connectivity index (χ0) is 11.8. The summed E-state index contributed by atoms with van der Waals surface area (Å²) in [5.41, 5.74) is 2.25. The zero-order valence-electron chi connectivity index (χ0n) is 8.41. The number of benzene rings is 1. The summed E-state index contributed by atoms with van der Waals surface area (Å²) in [6.45, 7) is 0. The summed E-state index contributed by atoms with van der Waals surface area (Å²) in [5.74, 6) is -1.03. The molecule has 1 aromatic carbocycles. The predicted octanol–water partition coefficient (Wildman–Crippen LogP) is 1.78. The first-order valence-corrected chi connectivity index (χ1v) is 5.52. The molecule has 0 unspecified atom stereocenters. The molecule has 84 valence electrons. The van der Waals surface area contributed by atoms with E-state index in [2.05, 4.69) is 19.8 Å². The fourth-order valence-corrected chi connectivity index (χ4v) is 2.06. The number of carboxylic acid groups (broad SMARTS) is 1.